The highest BCUT2D eigenvalue weighted by Crippen LogP contribution is 2.31. The molecule has 0 aliphatic heterocycles. The number of primary amides is 1. The summed E-state index contributed by atoms with van der Waals surface area (Å²) in [5.74, 6) is -0.147. The number of nitrogens with zero attached hydrogens (tertiary/aromatic N) is 1. The number of hydrogen-bond donors (Lipinski definition) is 6. The molecule has 3 rings (SSSR count). The van der Waals surface area contributed by atoms with Gasteiger partial charge in [-0.25, -0.2) is 0 Å². The van der Waals surface area contributed by atoms with Gasteiger partial charge in [0.1, 0.15) is 11.8 Å². The number of hydrogen-bond acceptors (Lipinski definition) is 6. The lowest BCUT2D eigenvalue weighted by Gasteiger charge is -2.27. The van der Waals surface area contributed by atoms with Crippen molar-refractivity contribution < 1.29 is 19.1 Å². The zero-order valence-corrected chi connectivity index (χ0v) is 22.8. The van der Waals surface area contributed by atoms with Gasteiger partial charge in [-0.2, -0.15) is 0 Å². The molecule has 0 saturated heterocycles. The first-order valence-corrected chi connectivity index (χ1v) is 14.2. The summed E-state index contributed by atoms with van der Waals surface area (Å²) in [6.45, 7) is 0.877. The topological polar surface area (TPSA) is 201 Å². The van der Waals surface area contributed by atoms with Crippen molar-refractivity contribution >= 4 is 29.4 Å². The molecule has 3 amide bonds. The fourth-order valence-corrected chi connectivity index (χ4v) is 5.42. The van der Waals surface area contributed by atoms with Gasteiger partial charge in [-0.05, 0) is 62.1 Å². The van der Waals surface area contributed by atoms with Crippen LogP contribution in [0, 0.1) is 11.8 Å². The molecule has 2 aliphatic carbocycles. The van der Waals surface area contributed by atoms with Crippen LogP contribution in [0.3, 0.4) is 0 Å². The zero-order valence-electron chi connectivity index (χ0n) is 22.8. The summed E-state index contributed by atoms with van der Waals surface area (Å²) in [6.07, 6.45) is 11.5. The highest BCUT2D eigenvalue weighted by Gasteiger charge is 2.28. The number of rotatable bonds is 14. The van der Waals surface area contributed by atoms with E-state index in [1.54, 1.807) is 18.2 Å². The van der Waals surface area contributed by atoms with E-state index in [1.807, 2.05) is 0 Å². The Morgan fingerprint density at radius 1 is 0.949 bits per heavy atom. The second-order valence-electron chi connectivity index (χ2n) is 10.9. The van der Waals surface area contributed by atoms with Gasteiger partial charge in [0.05, 0.1) is 18.3 Å². The minimum absolute atomic E-state index is 0.00677. The van der Waals surface area contributed by atoms with Crippen molar-refractivity contribution in [2.45, 2.75) is 89.1 Å². The molecule has 216 valence electrons. The second-order valence-corrected chi connectivity index (χ2v) is 10.9. The van der Waals surface area contributed by atoms with Crippen LogP contribution in [-0.4, -0.2) is 48.9 Å². The maximum atomic E-state index is 13.6. The number of ether oxygens (including phenoxy) is 1. The predicted octanol–water partition coefficient (Wildman–Crippen LogP) is 2.13. The molecule has 1 aromatic rings. The van der Waals surface area contributed by atoms with Crippen molar-refractivity contribution in [2.24, 2.45) is 39.8 Å². The summed E-state index contributed by atoms with van der Waals surface area (Å²) < 4.78 is 6.08. The number of aliphatic imine (C=N–C) groups is 1. The Morgan fingerprint density at radius 2 is 1.62 bits per heavy atom. The van der Waals surface area contributed by atoms with Crippen LogP contribution in [0.25, 0.3) is 0 Å². The van der Waals surface area contributed by atoms with Crippen LogP contribution in [0.15, 0.2) is 23.2 Å². The van der Waals surface area contributed by atoms with Gasteiger partial charge in [0.25, 0.3) is 0 Å². The van der Waals surface area contributed by atoms with Crippen LogP contribution in [0.2, 0.25) is 0 Å². The quantitative estimate of drug-likeness (QED) is 0.117. The van der Waals surface area contributed by atoms with Crippen molar-refractivity contribution in [3.05, 3.63) is 23.8 Å². The molecule has 0 bridgehead atoms. The number of nitrogens with one attached hydrogen (secondary N) is 2. The van der Waals surface area contributed by atoms with Crippen molar-refractivity contribution in [1.82, 2.24) is 5.32 Å². The van der Waals surface area contributed by atoms with Crippen LogP contribution in [0.4, 0.5) is 5.69 Å². The molecular weight excluding hydrogens is 498 g/mol. The lowest BCUT2D eigenvalue weighted by molar-refractivity contribution is -0.127. The highest BCUT2D eigenvalue weighted by atomic mass is 16.5. The van der Waals surface area contributed by atoms with E-state index < -0.39 is 23.9 Å². The molecule has 1 aromatic carbocycles. The molecule has 11 heteroatoms. The Morgan fingerprint density at radius 3 is 2.28 bits per heavy atom. The number of carbonyl (C=O) groups excluding carboxylic acids is 3. The molecule has 0 unspecified atom stereocenters. The van der Waals surface area contributed by atoms with E-state index in [2.05, 4.69) is 15.6 Å². The number of guanidine groups is 1. The van der Waals surface area contributed by atoms with Crippen LogP contribution in [0.1, 0.15) is 87.4 Å². The molecule has 0 aromatic heterocycles. The maximum absolute atomic E-state index is 13.6. The first-order chi connectivity index (χ1) is 18.7. The van der Waals surface area contributed by atoms with Crippen LogP contribution in [0.5, 0.6) is 5.75 Å². The maximum Gasteiger partial charge on any atom is 0.248 e. The van der Waals surface area contributed by atoms with E-state index in [9.17, 15) is 14.4 Å². The van der Waals surface area contributed by atoms with Crippen molar-refractivity contribution in [1.29, 1.82) is 0 Å². The van der Waals surface area contributed by atoms with Gasteiger partial charge in [-0.1, -0.05) is 44.9 Å². The summed E-state index contributed by atoms with van der Waals surface area (Å²) in [7, 11) is 0. The number of amides is 3. The van der Waals surface area contributed by atoms with Crippen LogP contribution in [-0.2, 0) is 9.59 Å². The largest absolute Gasteiger partial charge is 0.491 e. The predicted molar refractivity (Wildman–Crippen MR) is 152 cm³/mol. The molecular formula is C28H45N7O4. The molecule has 0 heterocycles. The fourth-order valence-electron chi connectivity index (χ4n) is 5.42. The molecule has 2 aliphatic rings. The molecule has 10 N–H and O–H groups in total. The first kappa shape index (κ1) is 30.2. The minimum atomic E-state index is -0.791. The smallest absolute Gasteiger partial charge is 0.248 e. The number of anilines is 1. The summed E-state index contributed by atoms with van der Waals surface area (Å²) >= 11 is 0. The van der Waals surface area contributed by atoms with Crippen LogP contribution < -0.4 is 38.3 Å². The van der Waals surface area contributed by atoms with Gasteiger partial charge in [0.15, 0.2) is 5.96 Å². The molecule has 0 radical (unpaired) electrons. The Balaban J connectivity index is 1.71. The van der Waals surface area contributed by atoms with E-state index in [0.717, 1.165) is 38.5 Å². The molecule has 2 atom stereocenters. The van der Waals surface area contributed by atoms with Gasteiger partial charge in [-0.3, -0.25) is 19.4 Å². The highest BCUT2D eigenvalue weighted by molar-refractivity contribution is 6.00. The lowest BCUT2D eigenvalue weighted by atomic mass is 9.84. The third-order valence-electron chi connectivity index (χ3n) is 7.70. The van der Waals surface area contributed by atoms with Gasteiger partial charge < -0.3 is 38.3 Å². The van der Waals surface area contributed by atoms with Gasteiger partial charge >= 0.3 is 0 Å². The fraction of sp³-hybridized carbons (Fsp3) is 0.643. The molecule has 2 saturated carbocycles. The molecule has 0 spiro atoms. The Hall–Kier alpha value is -3.34. The summed E-state index contributed by atoms with van der Waals surface area (Å²) in [6, 6.07) is 3.19. The van der Waals surface area contributed by atoms with E-state index >= 15 is 0 Å². The van der Waals surface area contributed by atoms with E-state index in [-0.39, 0.29) is 11.9 Å². The number of benzene rings is 1. The minimum Gasteiger partial charge on any atom is -0.491 e. The number of carbonyl (C=O) groups is 3. The van der Waals surface area contributed by atoms with E-state index in [4.69, 9.17) is 27.7 Å². The van der Waals surface area contributed by atoms with Crippen molar-refractivity contribution in [3.8, 4) is 5.75 Å². The Bertz CT molecular complexity index is 1000. The third kappa shape index (κ3) is 10.0. The van der Waals surface area contributed by atoms with Crippen molar-refractivity contribution in [2.75, 3.05) is 18.5 Å². The normalized spacial score (nSPS) is 17.7. The van der Waals surface area contributed by atoms with E-state index in [1.165, 1.54) is 19.3 Å². The average molecular weight is 544 g/mol. The monoisotopic (exact) mass is 543 g/mol. The van der Waals surface area contributed by atoms with E-state index in [0.29, 0.717) is 61.3 Å². The third-order valence-corrected chi connectivity index (χ3v) is 7.70. The average Bonchev–Trinajstić information content (AvgIpc) is 3.44. The number of nitrogens with two attached hydrogens (primary N) is 4. The van der Waals surface area contributed by atoms with Crippen molar-refractivity contribution in [3.63, 3.8) is 0 Å². The summed E-state index contributed by atoms with van der Waals surface area (Å²) in [4.78, 5) is 42.2. The lowest BCUT2D eigenvalue weighted by Crippen LogP contribution is -2.50. The summed E-state index contributed by atoms with van der Waals surface area (Å²) in [5.41, 5.74) is 23.0. The standard InChI is InChI=1S/C28H45N7O4/c29-21(11-6-14-33-28(31)32)26(37)35-23(15-18-7-2-1-3-8-18)27(38)34-22-13-12-20(25(30)36)16-24(22)39-17-19-9-4-5-10-19/h12-13,16,18-19,21,23H,1-11,14-15,17,29H2,(H2,30,36)(H,34,38)(H,35,37)(H4,31,32,33)/t21-,23-/m0/s1. The SMILES string of the molecule is NC(=O)c1ccc(NC(=O)[C@H](CC2CCCCC2)NC(=O)[C@@H](N)CCCN=C(N)N)c(OCC2CCCC2)c1. The van der Waals surface area contributed by atoms with Gasteiger partial charge in [0.2, 0.25) is 17.7 Å². The van der Waals surface area contributed by atoms with Gasteiger partial charge in [0, 0.05) is 12.1 Å². The van der Waals surface area contributed by atoms with Gasteiger partial charge in [-0.15, -0.1) is 0 Å². The second kappa shape index (κ2) is 15.3. The molecule has 11 nitrogen and oxygen atoms in total. The molecule has 2 fully saturated rings. The Labute approximate surface area is 230 Å². The van der Waals surface area contributed by atoms with Crippen LogP contribution >= 0.6 is 0 Å². The molecule has 39 heavy (non-hydrogen) atoms. The first-order valence-electron chi connectivity index (χ1n) is 14.2. The Kier molecular flexibility index (Phi) is 11.9. The summed E-state index contributed by atoms with van der Waals surface area (Å²) in [5, 5.41) is 5.82. The zero-order chi connectivity index (χ0) is 28.2.